The number of esters is 1. The molecule has 0 saturated carbocycles. The number of rotatable bonds is 2. The van der Waals surface area contributed by atoms with E-state index in [1.807, 2.05) is 0 Å². The fraction of sp³-hybridized carbons (Fsp3) is 0.400. The Labute approximate surface area is 47.6 Å². The minimum absolute atomic E-state index is 0.681. The lowest BCUT2D eigenvalue weighted by atomic mass is 10.6. The third-order valence-corrected chi connectivity index (χ3v) is 0.541. The summed E-state index contributed by atoms with van der Waals surface area (Å²) >= 11 is 0. The second kappa shape index (κ2) is 3.21. The van der Waals surface area contributed by atoms with Crippen LogP contribution in [-0.4, -0.2) is 17.2 Å². The van der Waals surface area contributed by atoms with Crippen molar-refractivity contribution in [2.75, 3.05) is 0 Å². The fourth-order valence-electron chi connectivity index (χ4n) is 0.181. The third kappa shape index (κ3) is 2.36. The highest BCUT2D eigenvalue weighted by Crippen LogP contribution is 1.84. The summed E-state index contributed by atoms with van der Waals surface area (Å²) in [5.41, 5.74) is 0. The van der Waals surface area contributed by atoms with Crippen molar-refractivity contribution in [2.45, 2.75) is 13.0 Å². The standard InChI is InChI=1S/C5H8O3/c1-3-8-5(7)4(2)6/h3-4,6H,1H2,2H3/t4-/m0/s1/i5+1. The van der Waals surface area contributed by atoms with Gasteiger partial charge in [0.2, 0.25) is 0 Å². The van der Waals surface area contributed by atoms with Gasteiger partial charge in [0.05, 0.1) is 6.26 Å². The van der Waals surface area contributed by atoms with Crippen LogP contribution in [0.1, 0.15) is 6.92 Å². The minimum Gasteiger partial charge on any atom is -0.433 e. The molecule has 0 aromatic rings. The highest BCUT2D eigenvalue weighted by atomic mass is 16.6. The van der Waals surface area contributed by atoms with Crippen molar-refractivity contribution in [1.82, 2.24) is 0 Å². The number of ether oxygens (including phenoxy) is 1. The van der Waals surface area contributed by atoms with Crippen LogP contribution >= 0.6 is 0 Å². The van der Waals surface area contributed by atoms with Gasteiger partial charge in [0.25, 0.3) is 0 Å². The van der Waals surface area contributed by atoms with Crippen LogP contribution in [0.15, 0.2) is 12.8 Å². The lowest BCUT2D eigenvalue weighted by Gasteiger charge is -1.98. The Balaban J connectivity index is 3.48. The molecule has 0 aliphatic heterocycles. The molecule has 1 atom stereocenters. The lowest BCUT2D eigenvalue weighted by molar-refractivity contribution is -0.146. The molecule has 0 fully saturated rings. The average Bonchev–Trinajstić information content (AvgIpc) is 1.67. The van der Waals surface area contributed by atoms with E-state index in [2.05, 4.69) is 11.3 Å². The van der Waals surface area contributed by atoms with Crippen LogP contribution in [0.5, 0.6) is 0 Å². The Morgan fingerprint density at radius 2 is 2.50 bits per heavy atom. The zero-order valence-corrected chi connectivity index (χ0v) is 4.63. The Bertz CT molecular complexity index is 95.8. The second-order valence-corrected chi connectivity index (χ2v) is 1.28. The van der Waals surface area contributed by atoms with E-state index in [1.165, 1.54) is 6.92 Å². The molecule has 0 rings (SSSR count). The summed E-state index contributed by atoms with van der Waals surface area (Å²) in [5, 5.41) is 8.43. The summed E-state index contributed by atoms with van der Waals surface area (Å²) in [4.78, 5) is 10.2. The SMILES string of the molecule is C=CO[13C](=O)[C@H](C)O. The molecule has 0 aromatic heterocycles. The van der Waals surface area contributed by atoms with Gasteiger partial charge < -0.3 is 9.84 Å². The summed E-state index contributed by atoms with van der Waals surface area (Å²) in [6, 6.07) is 0. The van der Waals surface area contributed by atoms with Crippen molar-refractivity contribution >= 4 is 5.97 Å². The van der Waals surface area contributed by atoms with Crippen molar-refractivity contribution in [1.29, 1.82) is 0 Å². The molecule has 3 heteroatoms. The molecule has 0 heterocycles. The van der Waals surface area contributed by atoms with Gasteiger partial charge in [0.1, 0.15) is 6.10 Å². The first-order valence-electron chi connectivity index (χ1n) is 2.18. The van der Waals surface area contributed by atoms with Crippen molar-refractivity contribution < 1.29 is 14.6 Å². The molecular formula is C5H8O3. The van der Waals surface area contributed by atoms with Gasteiger partial charge in [-0.15, -0.1) is 0 Å². The fourth-order valence-corrected chi connectivity index (χ4v) is 0.181. The molecule has 0 unspecified atom stereocenters. The number of hydrogen-bond donors (Lipinski definition) is 1. The number of aliphatic hydroxyl groups is 1. The van der Waals surface area contributed by atoms with Crippen LogP contribution in [0, 0.1) is 0 Å². The lowest BCUT2D eigenvalue weighted by Crippen LogP contribution is -2.16. The molecule has 0 spiro atoms. The van der Waals surface area contributed by atoms with Gasteiger partial charge in [0.15, 0.2) is 0 Å². The molecule has 0 aliphatic carbocycles. The highest BCUT2D eigenvalue weighted by Gasteiger charge is 2.06. The van der Waals surface area contributed by atoms with E-state index < -0.39 is 12.1 Å². The largest absolute Gasteiger partial charge is 0.433 e. The highest BCUT2D eigenvalue weighted by molar-refractivity contribution is 5.74. The summed E-state index contributed by atoms with van der Waals surface area (Å²) in [6.45, 7) is 4.45. The maximum absolute atomic E-state index is 10.2. The van der Waals surface area contributed by atoms with Crippen LogP contribution < -0.4 is 0 Å². The van der Waals surface area contributed by atoms with Crippen LogP contribution in [0.4, 0.5) is 0 Å². The molecule has 46 valence electrons. The van der Waals surface area contributed by atoms with Gasteiger partial charge in [-0.05, 0) is 6.92 Å². The van der Waals surface area contributed by atoms with Crippen LogP contribution in [-0.2, 0) is 9.53 Å². The molecular weight excluding hydrogens is 109 g/mol. The predicted molar refractivity (Wildman–Crippen MR) is 28.0 cm³/mol. The number of carbonyl (C=O) groups excluding carboxylic acids is 1. The first-order valence-corrected chi connectivity index (χ1v) is 2.18. The van der Waals surface area contributed by atoms with E-state index in [4.69, 9.17) is 5.11 Å². The Hall–Kier alpha value is -0.830. The Morgan fingerprint density at radius 3 is 2.62 bits per heavy atom. The van der Waals surface area contributed by atoms with Gasteiger partial charge in [-0.3, -0.25) is 0 Å². The number of aliphatic hydroxyl groups excluding tert-OH is 1. The Kier molecular flexibility index (Phi) is 2.88. The summed E-state index contributed by atoms with van der Waals surface area (Å²) in [6.07, 6.45) is -0.0808. The predicted octanol–water partition coefficient (Wildman–Crippen LogP) is 0.0539. The van der Waals surface area contributed by atoms with Crippen molar-refractivity contribution in [2.24, 2.45) is 0 Å². The maximum Gasteiger partial charge on any atom is 0.339 e. The Morgan fingerprint density at radius 1 is 2.00 bits per heavy atom. The van der Waals surface area contributed by atoms with Gasteiger partial charge in [-0.2, -0.15) is 0 Å². The van der Waals surface area contributed by atoms with Crippen LogP contribution in [0.25, 0.3) is 0 Å². The van der Waals surface area contributed by atoms with Crippen molar-refractivity contribution in [3.05, 3.63) is 12.8 Å². The van der Waals surface area contributed by atoms with Gasteiger partial charge >= 0.3 is 5.97 Å². The first kappa shape index (κ1) is 7.17. The van der Waals surface area contributed by atoms with E-state index in [1.54, 1.807) is 0 Å². The van der Waals surface area contributed by atoms with E-state index >= 15 is 0 Å². The van der Waals surface area contributed by atoms with Crippen molar-refractivity contribution in [3.8, 4) is 0 Å². The number of carbonyl (C=O) groups is 1. The first-order chi connectivity index (χ1) is 3.68. The zero-order valence-electron chi connectivity index (χ0n) is 4.63. The number of hydrogen-bond acceptors (Lipinski definition) is 3. The van der Waals surface area contributed by atoms with E-state index in [0.717, 1.165) is 6.26 Å². The summed E-state index contributed by atoms with van der Waals surface area (Å²) < 4.78 is 4.18. The normalized spacial score (nSPS) is 12.2. The molecule has 3 nitrogen and oxygen atoms in total. The molecule has 1 N–H and O–H groups in total. The van der Waals surface area contributed by atoms with Gasteiger partial charge in [-0.1, -0.05) is 6.58 Å². The smallest absolute Gasteiger partial charge is 0.339 e. The minimum atomic E-state index is -1.06. The zero-order chi connectivity index (χ0) is 6.57. The second-order valence-electron chi connectivity index (χ2n) is 1.28. The van der Waals surface area contributed by atoms with Crippen molar-refractivity contribution in [3.63, 3.8) is 0 Å². The van der Waals surface area contributed by atoms with E-state index in [0.29, 0.717) is 0 Å². The van der Waals surface area contributed by atoms with E-state index in [-0.39, 0.29) is 0 Å². The van der Waals surface area contributed by atoms with Crippen LogP contribution in [0.2, 0.25) is 0 Å². The summed E-state index contributed by atoms with van der Waals surface area (Å²) in [7, 11) is 0. The molecule has 0 saturated heterocycles. The maximum atomic E-state index is 10.2. The monoisotopic (exact) mass is 117 g/mol. The third-order valence-electron chi connectivity index (χ3n) is 0.541. The van der Waals surface area contributed by atoms with E-state index in [9.17, 15) is 4.79 Å². The molecule has 0 radical (unpaired) electrons. The molecule has 0 aliphatic rings. The molecule has 0 amide bonds. The van der Waals surface area contributed by atoms with Gasteiger partial charge in [-0.25, -0.2) is 4.79 Å². The molecule has 0 bridgehead atoms. The average molecular weight is 117 g/mol. The molecule has 8 heavy (non-hydrogen) atoms. The summed E-state index contributed by atoms with van der Waals surface area (Å²) in [5.74, 6) is -0.681. The topological polar surface area (TPSA) is 46.5 Å². The quantitative estimate of drug-likeness (QED) is 0.316. The van der Waals surface area contributed by atoms with Gasteiger partial charge in [0, 0.05) is 0 Å². The van der Waals surface area contributed by atoms with Crippen LogP contribution in [0.3, 0.4) is 0 Å². The molecule has 0 aromatic carbocycles.